The van der Waals surface area contributed by atoms with Crippen molar-refractivity contribution < 1.29 is 4.42 Å². The van der Waals surface area contributed by atoms with Crippen molar-refractivity contribution in [2.75, 3.05) is 0 Å². The van der Waals surface area contributed by atoms with Gasteiger partial charge < -0.3 is 8.98 Å². The zero-order valence-electron chi connectivity index (χ0n) is 33.5. The summed E-state index contributed by atoms with van der Waals surface area (Å²) in [5.74, 6) is 2.50. The summed E-state index contributed by atoms with van der Waals surface area (Å²) in [6.07, 6.45) is 0. The summed E-state index contributed by atoms with van der Waals surface area (Å²) in [4.78, 5) is 25.9. The first-order chi connectivity index (χ1) is 31.2. The minimum atomic E-state index is 0.609. The van der Waals surface area contributed by atoms with Crippen molar-refractivity contribution in [2.24, 2.45) is 0 Å². The molecule has 0 atom stereocenters. The zero-order valence-corrected chi connectivity index (χ0v) is 34.3. The maximum absolute atomic E-state index is 6.49. The van der Waals surface area contributed by atoms with Crippen LogP contribution in [0.15, 0.2) is 199 Å². The molecule has 0 spiro atoms. The van der Waals surface area contributed by atoms with E-state index in [2.05, 4.69) is 132 Å². The number of aromatic nitrogens is 6. The minimum absolute atomic E-state index is 0.609. The normalized spacial score (nSPS) is 11.8. The van der Waals surface area contributed by atoms with E-state index in [9.17, 15) is 0 Å². The van der Waals surface area contributed by atoms with Crippen LogP contribution in [0.5, 0.6) is 0 Å². The van der Waals surface area contributed by atoms with Gasteiger partial charge in [0.25, 0.3) is 0 Å². The smallest absolute Gasteiger partial charge is 0.180 e. The average Bonchev–Trinajstić information content (AvgIpc) is 4.03. The number of benzene rings is 8. The van der Waals surface area contributed by atoms with Gasteiger partial charge in [-0.1, -0.05) is 146 Å². The molecule has 8 heteroatoms. The van der Waals surface area contributed by atoms with Gasteiger partial charge in [-0.25, -0.2) is 24.9 Å². The molecule has 0 aliphatic carbocycles. The van der Waals surface area contributed by atoms with Gasteiger partial charge in [0.1, 0.15) is 16.8 Å². The Morgan fingerprint density at radius 3 is 1.81 bits per heavy atom. The van der Waals surface area contributed by atoms with Crippen molar-refractivity contribution in [2.45, 2.75) is 0 Å². The fourth-order valence-corrected chi connectivity index (χ4v) is 10.1. The predicted octanol–water partition coefficient (Wildman–Crippen LogP) is 14.4. The Labute approximate surface area is 364 Å². The van der Waals surface area contributed by atoms with Crippen LogP contribution in [0.4, 0.5) is 0 Å². The summed E-state index contributed by atoms with van der Waals surface area (Å²) >= 11 is 1.75. The Kier molecular flexibility index (Phi) is 7.94. The molecule has 0 unspecified atom stereocenters. The lowest BCUT2D eigenvalue weighted by Gasteiger charge is -2.11. The molecule has 0 radical (unpaired) electrons. The van der Waals surface area contributed by atoms with E-state index < -0.39 is 0 Å². The number of para-hydroxylation sites is 3. The predicted molar refractivity (Wildman–Crippen MR) is 257 cm³/mol. The van der Waals surface area contributed by atoms with Crippen molar-refractivity contribution in [3.8, 4) is 62.5 Å². The molecule has 63 heavy (non-hydrogen) atoms. The molecule has 8 aromatic carbocycles. The molecule has 13 rings (SSSR count). The van der Waals surface area contributed by atoms with Gasteiger partial charge in [0.15, 0.2) is 28.9 Å². The number of thiophene rings is 1. The van der Waals surface area contributed by atoms with E-state index in [1.54, 1.807) is 11.3 Å². The molecule has 5 aromatic heterocycles. The van der Waals surface area contributed by atoms with Gasteiger partial charge in [-0.2, -0.15) is 0 Å². The quantitative estimate of drug-likeness (QED) is 0.166. The molecular formula is C55H32N6OS. The summed E-state index contributed by atoms with van der Waals surface area (Å²) in [6, 6.07) is 66.9. The highest BCUT2D eigenvalue weighted by molar-refractivity contribution is 7.26. The van der Waals surface area contributed by atoms with E-state index in [4.69, 9.17) is 29.3 Å². The van der Waals surface area contributed by atoms with Crippen LogP contribution in [0.2, 0.25) is 0 Å². The van der Waals surface area contributed by atoms with E-state index >= 15 is 0 Å². The molecule has 0 amide bonds. The lowest BCUT2D eigenvalue weighted by atomic mass is 10.0. The van der Waals surface area contributed by atoms with Crippen LogP contribution in [-0.2, 0) is 0 Å². The first-order valence-corrected chi connectivity index (χ1v) is 21.6. The van der Waals surface area contributed by atoms with Gasteiger partial charge in [-0.15, -0.1) is 11.3 Å². The van der Waals surface area contributed by atoms with Crippen molar-refractivity contribution >= 4 is 75.4 Å². The lowest BCUT2D eigenvalue weighted by molar-refractivity contribution is 0.667. The highest BCUT2D eigenvalue weighted by Crippen LogP contribution is 2.43. The second-order valence-electron chi connectivity index (χ2n) is 15.6. The van der Waals surface area contributed by atoms with Gasteiger partial charge in [0, 0.05) is 69.8 Å². The standard InChI is InChI=1S/C55H32N6OS/c1-4-15-33(16-5-1)52-56-49(51-50(57-52)40-22-11-13-25-45(40)62-51)35-27-30-41-47(32-35)63-46-26-14-23-42(48(41)46)55-59-53(34-17-6-2-7-18-34)58-54(60-55)36-28-29-39-38-21-10-12-24-43(38)61(44(39)31-36)37-19-8-3-9-20-37/h1-32H. The molecule has 0 aliphatic rings. The minimum Gasteiger partial charge on any atom is -0.452 e. The number of furan rings is 1. The van der Waals surface area contributed by atoms with Crippen LogP contribution >= 0.6 is 11.3 Å². The second kappa shape index (κ2) is 14.1. The van der Waals surface area contributed by atoms with E-state index in [1.807, 2.05) is 66.7 Å². The third-order valence-corrected chi connectivity index (χ3v) is 13.0. The van der Waals surface area contributed by atoms with Gasteiger partial charge in [0.2, 0.25) is 0 Å². The van der Waals surface area contributed by atoms with Gasteiger partial charge >= 0.3 is 0 Å². The highest BCUT2D eigenvalue weighted by atomic mass is 32.1. The average molecular weight is 825 g/mol. The third-order valence-electron chi connectivity index (χ3n) is 11.9. The van der Waals surface area contributed by atoms with E-state index in [0.717, 1.165) is 86.9 Å². The Hall–Kier alpha value is -8.33. The van der Waals surface area contributed by atoms with Crippen LogP contribution in [0.25, 0.3) is 127 Å². The van der Waals surface area contributed by atoms with E-state index in [-0.39, 0.29) is 0 Å². The first kappa shape index (κ1) is 35.4. The monoisotopic (exact) mass is 824 g/mol. The number of hydrogen-bond acceptors (Lipinski definition) is 7. The maximum Gasteiger partial charge on any atom is 0.180 e. The number of fused-ring (bicyclic) bond motifs is 9. The molecule has 0 aliphatic heterocycles. The SMILES string of the molecule is c1ccc(-c2nc(-c3ccc4c5ccccc5n(-c5ccccc5)c4c3)nc(-c3cccc4sc5cc(-c6nc(-c7ccccc7)nc7c6oc6ccccc67)ccc5c34)n2)cc1. The molecule has 0 fully saturated rings. The van der Waals surface area contributed by atoms with Crippen molar-refractivity contribution in [3.63, 3.8) is 0 Å². The molecular weight excluding hydrogens is 793 g/mol. The van der Waals surface area contributed by atoms with Gasteiger partial charge in [-0.05, 0) is 48.5 Å². The highest BCUT2D eigenvalue weighted by Gasteiger charge is 2.22. The second-order valence-corrected chi connectivity index (χ2v) is 16.7. The molecule has 7 nitrogen and oxygen atoms in total. The summed E-state index contributed by atoms with van der Waals surface area (Å²) in [6.45, 7) is 0. The largest absolute Gasteiger partial charge is 0.452 e. The van der Waals surface area contributed by atoms with Crippen molar-refractivity contribution in [1.29, 1.82) is 0 Å². The summed E-state index contributed by atoms with van der Waals surface area (Å²) in [5, 5.41) is 5.54. The van der Waals surface area contributed by atoms with Crippen LogP contribution in [0.3, 0.4) is 0 Å². The molecule has 0 saturated carbocycles. The Morgan fingerprint density at radius 2 is 1.02 bits per heavy atom. The molecule has 0 saturated heterocycles. The maximum atomic E-state index is 6.49. The number of rotatable bonds is 6. The molecule has 13 aromatic rings. The molecule has 294 valence electrons. The fraction of sp³-hybridized carbons (Fsp3) is 0. The fourth-order valence-electron chi connectivity index (χ4n) is 8.97. The van der Waals surface area contributed by atoms with E-state index in [1.165, 1.54) is 10.8 Å². The molecule has 5 heterocycles. The van der Waals surface area contributed by atoms with Crippen LogP contribution < -0.4 is 0 Å². The summed E-state index contributed by atoms with van der Waals surface area (Å²) in [7, 11) is 0. The number of nitrogens with zero attached hydrogens (tertiary/aromatic N) is 6. The number of hydrogen-bond donors (Lipinski definition) is 0. The van der Waals surface area contributed by atoms with Crippen molar-refractivity contribution in [1.82, 2.24) is 29.5 Å². The summed E-state index contributed by atoms with van der Waals surface area (Å²) in [5.41, 5.74) is 11.0. The lowest BCUT2D eigenvalue weighted by Crippen LogP contribution is -2.00. The van der Waals surface area contributed by atoms with Gasteiger partial charge in [0.05, 0.1) is 11.0 Å². The Morgan fingerprint density at radius 1 is 0.397 bits per heavy atom. The topological polar surface area (TPSA) is 82.5 Å². The van der Waals surface area contributed by atoms with Crippen LogP contribution in [0, 0.1) is 0 Å². The van der Waals surface area contributed by atoms with Crippen LogP contribution in [0.1, 0.15) is 0 Å². The molecule has 0 bridgehead atoms. The van der Waals surface area contributed by atoms with Crippen molar-refractivity contribution in [3.05, 3.63) is 194 Å². The third kappa shape index (κ3) is 5.76. The molecule has 0 N–H and O–H groups in total. The Bertz CT molecular complexity index is 3910. The van der Waals surface area contributed by atoms with Gasteiger partial charge in [-0.3, -0.25) is 0 Å². The summed E-state index contributed by atoms with van der Waals surface area (Å²) < 4.78 is 11.1. The van der Waals surface area contributed by atoms with Crippen LogP contribution in [-0.4, -0.2) is 29.5 Å². The first-order valence-electron chi connectivity index (χ1n) is 20.8. The van der Waals surface area contributed by atoms with E-state index in [0.29, 0.717) is 28.9 Å². The zero-order chi connectivity index (χ0) is 41.4. The Balaban J connectivity index is 0.996.